The summed E-state index contributed by atoms with van der Waals surface area (Å²) < 4.78 is 0. The molecule has 0 aromatic heterocycles. The summed E-state index contributed by atoms with van der Waals surface area (Å²) in [5.41, 5.74) is 6.15. The smallest absolute Gasteiger partial charge is 0.220 e. The Kier molecular flexibility index (Phi) is 4.79. The topological polar surface area (TPSA) is 75.4 Å². The van der Waals surface area contributed by atoms with Crippen molar-refractivity contribution < 1.29 is 9.90 Å². The normalized spacial score (nSPS) is 12.1. The van der Waals surface area contributed by atoms with Crippen LogP contribution in [0.1, 0.15) is 18.9 Å². The van der Waals surface area contributed by atoms with Gasteiger partial charge in [-0.1, -0.05) is 25.1 Å². The van der Waals surface area contributed by atoms with E-state index in [1.165, 1.54) is 0 Å². The van der Waals surface area contributed by atoms with Gasteiger partial charge < -0.3 is 16.2 Å². The van der Waals surface area contributed by atoms with E-state index < -0.39 is 0 Å². The molecule has 88 valence electrons. The number of carbonyl (C=O) groups excluding carboxylic acids is 1. The molecule has 0 aliphatic heterocycles. The molecule has 0 radical (unpaired) electrons. The van der Waals surface area contributed by atoms with E-state index in [0.717, 1.165) is 5.56 Å². The van der Waals surface area contributed by atoms with E-state index in [0.29, 0.717) is 19.5 Å². The van der Waals surface area contributed by atoms with Gasteiger partial charge in [-0.05, 0) is 18.5 Å². The van der Waals surface area contributed by atoms with Crippen molar-refractivity contribution in [2.45, 2.75) is 19.9 Å². The number of hydrogen-bond donors (Lipinski definition) is 3. The Morgan fingerprint density at radius 3 is 2.81 bits per heavy atom. The molecule has 4 heteroatoms. The lowest BCUT2D eigenvalue weighted by Gasteiger charge is -2.09. The Bertz CT molecular complexity index is 353. The molecule has 0 bridgehead atoms. The number of phenols is 1. The Balaban J connectivity index is 2.40. The minimum Gasteiger partial charge on any atom is -0.508 e. The molecule has 1 amide bonds. The van der Waals surface area contributed by atoms with Crippen LogP contribution in [0.2, 0.25) is 0 Å². The summed E-state index contributed by atoms with van der Waals surface area (Å²) in [5, 5.41) is 12.2. The Labute approximate surface area is 95.5 Å². The molecule has 16 heavy (non-hydrogen) atoms. The molecule has 0 heterocycles. The molecular weight excluding hydrogens is 204 g/mol. The molecule has 0 aliphatic rings. The maximum Gasteiger partial charge on any atom is 0.220 e. The van der Waals surface area contributed by atoms with E-state index in [2.05, 4.69) is 5.32 Å². The van der Waals surface area contributed by atoms with Crippen molar-refractivity contribution in [3.63, 3.8) is 0 Å². The highest BCUT2D eigenvalue weighted by Crippen LogP contribution is 2.14. The number of hydrogen-bond acceptors (Lipinski definition) is 3. The van der Waals surface area contributed by atoms with Crippen molar-refractivity contribution >= 4 is 5.91 Å². The Hall–Kier alpha value is -1.55. The van der Waals surface area contributed by atoms with Crippen LogP contribution in [0, 0.1) is 5.92 Å². The standard InChI is InChI=1S/C12H18N2O2/c1-9(7-13)6-12(16)14-8-10-4-2-3-5-11(10)15/h2-5,9,15H,6-8,13H2,1H3,(H,14,16). The second kappa shape index (κ2) is 6.12. The van der Waals surface area contributed by atoms with Gasteiger partial charge in [0, 0.05) is 18.5 Å². The maximum absolute atomic E-state index is 11.4. The van der Waals surface area contributed by atoms with Crippen molar-refractivity contribution in [3.05, 3.63) is 29.8 Å². The first-order chi connectivity index (χ1) is 7.63. The molecular formula is C12H18N2O2. The van der Waals surface area contributed by atoms with E-state index in [-0.39, 0.29) is 17.6 Å². The molecule has 0 aliphatic carbocycles. The van der Waals surface area contributed by atoms with Crippen LogP contribution in [0.3, 0.4) is 0 Å². The van der Waals surface area contributed by atoms with Crippen LogP contribution < -0.4 is 11.1 Å². The van der Waals surface area contributed by atoms with E-state index >= 15 is 0 Å². The van der Waals surface area contributed by atoms with Gasteiger partial charge >= 0.3 is 0 Å². The minimum atomic E-state index is -0.0406. The van der Waals surface area contributed by atoms with Gasteiger partial charge in [-0.25, -0.2) is 0 Å². The van der Waals surface area contributed by atoms with Gasteiger partial charge in [0.25, 0.3) is 0 Å². The number of carbonyl (C=O) groups is 1. The van der Waals surface area contributed by atoms with Gasteiger partial charge in [0.2, 0.25) is 5.91 Å². The molecule has 0 spiro atoms. The first kappa shape index (κ1) is 12.5. The molecule has 1 aromatic carbocycles. The van der Waals surface area contributed by atoms with Crippen molar-refractivity contribution in [1.82, 2.24) is 5.32 Å². The lowest BCUT2D eigenvalue weighted by molar-refractivity contribution is -0.122. The molecule has 0 saturated carbocycles. The first-order valence-corrected chi connectivity index (χ1v) is 5.37. The largest absolute Gasteiger partial charge is 0.508 e. The number of benzene rings is 1. The summed E-state index contributed by atoms with van der Waals surface area (Å²) in [4.78, 5) is 11.4. The van der Waals surface area contributed by atoms with E-state index in [1.54, 1.807) is 18.2 Å². The molecule has 1 atom stereocenters. The van der Waals surface area contributed by atoms with Gasteiger partial charge in [-0.2, -0.15) is 0 Å². The predicted octanol–water partition coefficient (Wildman–Crippen LogP) is 0.993. The van der Waals surface area contributed by atoms with Crippen LogP contribution in [-0.4, -0.2) is 17.6 Å². The second-order valence-electron chi connectivity index (χ2n) is 3.95. The van der Waals surface area contributed by atoms with Crippen LogP contribution >= 0.6 is 0 Å². The zero-order valence-electron chi connectivity index (χ0n) is 9.44. The Morgan fingerprint density at radius 2 is 2.19 bits per heavy atom. The van der Waals surface area contributed by atoms with Crippen LogP contribution in [0.5, 0.6) is 5.75 Å². The van der Waals surface area contributed by atoms with Crippen molar-refractivity contribution in [2.75, 3.05) is 6.54 Å². The van der Waals surface area contributed by atoms with Crippen LogP contribution in [-0.2, 0) is 11.3 Å². The van der Waals surface area contributed by atoms with E-state index in [1.807, 2.05) is 13.0 Å². The average Bonchev–Trinajstić information content (AvgIpc) is 2.28. The lowest BCUT2D eigenvalue weighted by atomic mass is 10.1. The summed E-state index contributed by atoms with van der Waals surface area (Å²) in [7, 11) is 0. The minimum absolute atomic E-state index is 0.0406. The fourth-order valence-corrected chi connectivity index (χ4v) is 1.33. The fraction of sp³-hybridized carbons (Fsp3) is 0.417. The third-order valence-electron chi connectivity index (χ3n) is 2.40. The summed E-state index contributed by atoms with van der Waals surface area (Å²) in [6.07, 6.45) is 0.421. The third-order valence-corrected chi connectivity index (χ3v) is 2.40. The summed E-state index contributed by atoms with van der Waals surface area (Å²) in [6.45, 7) is 2.78. The third kappa shape index (κ3) is 3.90. The predicted molar refractivity (Wildman–Crippen MR) is 62.8 cm³/mol. The van der Waals surface area contributed by atoms with Gasteiger partial charge in [-0.15, -0.1) is 0 Å². The van der Waals surface area contributed by atoms with Gasteiger partial charge in [0.05, 0.1) is 0 Å². The number of amides is 1. The van der Waals surface area contributed by atoms with Gasteiger partial charge in [0.1, 0.15) is 5.75 Å². The molecule has 1 unspecified atom stereocenters. The van der Waals surface area contributed by atoms with E-state index in [9.17, 15) is 9.90 Å². The molecule has 0 fully saturated rings. The molecule has 4 nitrogen and oxygen atoms in total. The lowest BCUT2D eigenvalue weighted by Crippen LogP contribution is -2.26. The Morgan fingerprint density at radius 1 is 1.50 bits per heavy atom. The highest BCUT2D eigenvalue weighted by atomic mass is 16.3. The van der Waals surface area contributed by atoms with Crippen molar-refractivity contribution in [3.8, 4) is 5.75 Å². The maximum atomic E-state index is 11.4. The molecule has 0 saturated heterocycles. The number of phenolic OH excluding ortho intramolecular Hbond substituents is 1. The highest BCUT2D eigenvalue weighted by Gasteiger charge is 2.07. The molecule has 4 N–H and O–H groups in total. The number of rotatable bonds is 5. The fourth-order valence-electron chi connectivity index (χ4n) is 1.33. The highest BCUT2D eigenvalue weighted by molar-refractivity contribution is 5.76. The summed E-state index contributed by atoms with van der Waals surface area (Å²) >= 11 is 0. The zero-order valence-corrected chi connectivity index (χ0v) is 9.44. The number of nitrogens with two attached hydrogens (primary N) is 1. The number of aromatic hydroxyl groups is 1. The summed E-state index contributed by atoms with van der Waals surface area (Å²) in [6, 6.07) is 6.95. The van der Waals surface area contributed by atoms with Crippen LogP contribution in [0.25, 0.3) is 0 Å². The quantitative estimate of drug-likeness (QED) is 0.695. The van der Waals surface area contributed by atoms with Crippen molar-refractivity contribution in [2.24, 2.45) is 11.7 Å². The second-order valence-corrected chi connectivity index (χ2v) is 3.95. The zero-order chi connectivity index (χ0) is 12.0. The summed E-state index contributed by atoms with van der Waals surface area (Å²) in [5.74, 6) is 0.347. The van der Waals surface area contributed by atoms with Gasteiger partial charge in [0.15, 0.2) is 0 Å². The van der Waals surface area contributed by atoms with Crippen LogP contribution in [0.4, 0.5) is 0 Å². The van der Waals surface area contributed by atoms with Crippen LogP contribution in [0.15, 0.2) is 24.3 Å². The number of para-hydroxylation sites is 1. The first-order valence-electron chi connectivity index (χ1n) is 5.37. The number of nitrogens with one attached hydrogen (secondary N) is 1. The molecule has 1 aromatic rings. The SMILES string of the molecule is CC(CN)CC(=O)NCc1ccccc1O. The van der Waals surface area contributed by atoms with Gasteiger partial charge in [-0.3, -0.25) is 4.79 Å². The van der Waals surface area contributed by atoms with E-state index in [4.69, 9.17) is 5.73 Å². The average molecular weight is 222 g/mol. The van der Waals surface area contributed by atoms with Crippen molar-refractivity contribution in [1.29, 1.82) is 0 Å². The monoisotopic (exact) mass is 222 g/mol. The molecule has 1 rings (SSSR count).